The molecule has 30 heavy (non-hydrogen) atoms. The summed E-state index contributed by atoms with van der Waals surface area (Å²) in [6.07, 6.45) is 1.04. The second-order valence-electron chi connectivity index (χ2n) is 7.50. The van der Waals surface area contributed by atoms with Gasteiger partial charge in [0.25, 0.3) is 0 Å². The lowest BCUT2D eigenvalue weighted by atomic mass is 9.72. The summed E-state index contributed by atoms with van der Waals surface area (Å²) >= 11 is 0. The molecule has 0 bridgehead atoms. The lowest BCUT2D eigenvalue weighted by molar-refractivity contribution is -0.159. The zero-order valence-corrected chi connectivity index (χ0v) is 20.1. The van der Waals surface area contributed by atoms with E-state index in [1.54, 1.807) is 27.7 Å². The lowest BCUT2D eigenvalue weighted by Crippen LogP contribution is -2.37. The molecule has 1 unspecified atom stereocenters. The van der Waals surface area contributed by atoms with E-state index in [2.05, 4.69) is 22.6 Å². The molecule has 0 saturated heterocycles. The maximum Gasteiger partial charge on any atom is 0.332 e. The van der Waals surface area contributed by atoms with Gasteiger partial charge in [0, 0.05) is 11.1 Å². The molecule has 0 aliphatic rings. The fourth-order valence-corrected chi connectivity index (χ4v) is 2.26. The van der Waals surface area contributed by atoms with E-state index >= 15 is 0 Å². The molecule has 0 aromatic heterocycles. The Labute approximate surface area is 180 Å². The second-order valence-corrected chi connectivity index (χ2v) is 7.50. The first-order chi connectivity index (χ1) is 13.6. The van der Waals surface area contributed by atoms with Gasteiger partial charge in [-0.25, -0.2) is 9.59 Å². The van der Waals surface area contributed by atoms with Crippen molar-refractivity contribution in [2.24, 2.45) is 10.8 Å². The second kappa shape index (κ2) is 15.2. The van der Waals surface area contributed by atoms with E-state index in [1.807, 2.05) is 13.8 Å². The number of carbonyl (C=O) groups excluding carboxylic acids is 4. The standard InChI is InChI=1S/C12H22O4.2C5H8O2/c1-7-12(4,10(14)16-6)8-11(2,3)9(13)15-5;2*1-4(2)5(6)7-3/h7-8H2,1-6H3;2*1H2,2-3H3. The van der Waals surface area contributed by atoms with Gasteiger partial charge < -0.3 is 18.9 Å². The van der Waals surface area contributed by atoms with Gasteiger partial charge in [-0.1, -0.05) is 20.1 Å². The summed E-state index contributed by atoms with van der Waals surface area (Å²) < 4.78 is 18.0. The highest BCUT2D eigenvalue weighted by atomic mass is 16.5. The minimum absolute atomic E-state index is 0.285. The van der Waals surface area contributed by atoms with E-state index in [4.69, 9.17) is 9.47 Å². The summed E-state index contributed by atoms with van der Waals surface area (Å²) in [5.74, 6) is -1.29. The van der Waals surface area contributed by atoms with Gasteiger partial charge in [0.2, 0.25) is 0 Å². The number of ether oxygens (including phenoxy) is 4. The van der Waals surface area contributed by atoms with Crippen molar-refractivity contribution in [1.82, 2.24) is 0 Å². The molecule has 0 radical (unpaired) electrons. The van der Waals surface area contributed by atoms with Crippen molar-refractivity contribution in [3.05, 3.63) is 24.3 Å². The van der Waals surface area contributed by atoms with E-state index < -0.39 is 10.8 Å². The van der Waals surface area contributed by atoms with Gasteiger partial charge in [0.05, 0.1) is 39.3 Å². The Bertz CT molecular complexity index is 593. The third kappa shape index (κ3) is 12.7. The zero-order valence-electron chi connectivity index (χ0n) is 20.1. The summed E-state index contributed by atoms with van der Waals surface area (Å²) in [5, 5.41) is 0. The molecular weight excluding hydrogens is 392 g/mol. The van der Waals surface area contributed by atoms with Gasteiger partial charge in [-0.15, -0.1) is 0 Å². The van der Waals surface area contributed by atoms with Gasteiger partial charge >= 0.3 is 23.9 Å². The van der Waals surface area contributed by atoms with Crippen molar-refractivity contribution < 1.29 is 38.1 Å². The first-order valence-corrected chi connectivity index (χ1v) is 9.24. The molecule has 0 fully saturated rings. The molecule has 0 N–H and O–H groups in total. The van der Waals surface area contributed by atoms with Crippen LogP contribution in [0, 0.1) is 10.8 Å². The largest absolute Gasteiger partial charge is 0.469 e. The molecule has 0 heterocycles. The smallest absolute Gasteiger partial charge is 0.332 e. The Morgan fingerprint density at radius 1 is 0.700 bits per heavy atom. The Morgan fingerprint density at radius 2 is 1.03 bits per heavy atom. The van der Waals surface area contributed by atoms with Crippen LogP contribution in [0.2, 0.25) is 0 Å². The molecule has 8 nitrogen and oxygen atoms in total. The van der Waals surface area contributed by atoms with E-state index in [0.29, 0.717) is 24.0 Å². The van der Waals surface area contributed by atoms with Gasteiger partial charge in [-0.2, -0.15) is 0 Å². The van der Waals surface area contributed by atoms with Crippen molar-refractivity contribution in [3.63, 3.8) is 0 Å². The Morgan fingerprint density at radius 3 is 1.20 bits per heavy atom. The fourth-order valence-electron chi connectivity index (χ4n) is 2.26. The van der Waals surface area contributed by atoms with Gasteiger partial charge in [0.15, 0.2) is 0 Å². The summed E-state index contributed by atoms with van der Waals surface area (Å²) in [7, 11) is 5.38. The van der Waals surface area contributed by atoms with Gasteiger partial charge in [-0.3, -0.25) is 9.59 Å². The first kappa shape index (κ1) is 32.0. The van der Waals surface area contributed by atoms with Crippen LogP contribution in [0.1, 0.15) is 54.4 Å². The predicted octanol–water partition coefficient (Wildman–Crippen LogP) is 3.64. The summed E-state index contributed by atoms with van der Waals surface area (Å²) in [5.41, 5.74) is -0.467. The van der Waals surface area contributed by atoms with E-state index in [-0.39, 0.29) is 23.9 Å². The summed E-state index contributed by atoms with van der Waals surface area (Å²) in [4.78, 5) is 43.6. The average Bonchev–Trinajstić information content (AvgIpc) is 2.71. The normalized spacial score (nSPS) is 11.7. The molecule has 0 saturated carbocycles. The van der Waals surface area contributed by atoms with Crippen molar-refractivity contribution in [3.8, 4) is 0 Å². The van der Waals surface area contributed by atoms with Crippen LogP contribution >= 0.6 is 0 Å². The molecule has 0 aromatic rings. The van der Waals surface area contributed by atoms with Crippen LogP contribution in [0.4, 0.5) is 0 Å². The Hall–Kier alpha value is -2.64. The van der Waals surface area contributed by atoms with E-state index in [1.165, 1.54) is 28.4 Å². The molecule has 0 rings (SSSR count). The highest BCUT2D eigenvalue weighted by Gasteiger charge is 2.42. The van der Waals surface area contributed by atoms with Crippen LogP contribution in [0.15, 0.2) is 24.3 Å². The third-order valence-electron chi connectivity index (χ3n) is 4.10. The Balaban J connectivity index is -0.000000430. The first-order valence-electron chi connectivity index (χ1n) is 9.24. The van der Waals surface area contributed by atoms with Crippen LogP contribution in [0.25, 0.3) is 0 Å². The average molecular weight is 431 g/mol. The van der Waals surface area contributed by atoms with Crippen LogP contribution in [0.3, 0.4) is 0 Å². The minimum atomic E-state index is -0.687. The van der Waals surface area contributed by atoms with Crippen LogP contribution in [0.5, 0.6) is 0 Å². The molecule has 0 aliphatic carbocycles. The van der Waals surface area contributed by atoms with Gasteiger partial charge in [-0.05, 0) is 47.5 Å². The monoisotopic (exact) mass is 430 g/mol. The number of carbonyl (C=O) groups is 4. The molecule has 8 heteroatoms. The van der Waals surface area contributed by atoms with Crippen LogP contribution < -0.4 is 0 Å². The summed E-state index contributed by atoms with van der Waals surface area (Å²) in [6, 6.07) is 0. The molecular formula is C22H38O8. The topological polar surface area (TPSA) is 105 Å². The SMILES string of the molecule is C=C(C)C(=O)OC.C=C(C)C(=O)OC.CCC(C)(CC(C)(C)C(=O)OC)C(=O)OC. The minimum Gasteiger partial charge on any atom is -0.469 e. The predicted molar refractivity (Wildman–Crippen MR) is 114 cm³/mol. The number of rotatable bonds is 7. The molecule has 0 spiro atoms. The number of hydrogen-bond acceptors (Lipinski definition) is 8. The van der Waals surface area contributed by atoms with Crippen LogP contribution in [-0.4, -0.2) is 52.3 Å². The maximum absolute atomic E-state index is 11.7. The molecule has 0 aromatic carbocycles. The quantitative estimate of drug-likeness (QED) is 0.342. The highest BCUT2D eigenvalue weighted by molar-refractivity contribution is 5.87. The highest BCUT2D eigenvalue weighted by Crippen LogP contribution is 2.38. The number of hydrogen-bond donors (Lipinski definition) is 0. The van der Waals surface area contributed by atoms with E-state index in [0.717, 1.165) is 0 Å². The van der Waals surface area contributed by atoms with E-state index in [9.17, 15) is 19.2 Å². The zero-order chi connectivity index (χ0) is 24.7. The maximum atomic E-state index is 11.7. The van der Waals surface area contributed by atoms with Crippen molar-refractivity contribution >= 4 is 23.9 Å². The van der Waals surface area contributed by atoms with Crippen molar-refractivity contribution in [1.29, 1.82) is 0 Å². The number of esters is 4. The van der Waals surface area contributed by atoms with Gasteiger partial charge in [0.1, 0.15) is 0 Å². The Kier molecular flexibility index (Phi) is 16.3. The molecule has 0 amide bonds. The molecule has 0 aliphatic heterocycles. The molecule has 174 valence electrons. The van der Waals surface area contributed by atoms with Crippen molar-refractivity contribution in [2.75, 3.05) is 28.4 Å². The summed E-state index contributed by atoms with van der Waals surface area (Å²) in [6.45, 7) is 17.2. The lowest BCUT2D eigenvalue weighted by Gasteiger charge is -2.32. The molecule has 1 atom stereocenters. The fraction of sp³-hybridized carbons (Fsp3) is 0.636. The number of methoxy groups -OCH3 is 4. The van der Waals surface area contributed by atoms with Crippen LogP contribution in [-0.2, 0) is 38.1 Å². The third-order valence-corrected chi connectivity index (χ3v) is 4.10. The van der Waals surface area contributed by atoms with Crippen molar-refractivity contribution in [2.45, 2.75) is 54.4 Å².